The molecule has 2 heterocycles. The van der Waals surface area contributed by atoms with Crippen molar-refractivity contribution in [1.29, 1.82) is 0 Å². The zero-order chi connectivity index (χ0) is 9.97. The maximum absolute atomic E-state index is 5.65. The average molecular weight is 207 g/mol. The summed E-state index contributed by atoms with van der Waals surface area (Å²) in [5, 5.41) is 0.448. The van der Waals surface area contributed by atoms with Gasteiger partial charge >= 0.3 is 0 Å². The number of nitrogens with two attached hydrogens (primary N) is 1. The number of hydrogen-bond acceptors (Lipinski definition) is 4. The van der Waals surface area contributed by atoms with Crippen LogP contribution in [-0.2, 0) is 0 Å². The fourth-order valence-corrected chi connectivity index (χ4v) is 1.11. The van der Waals surface area contributed by atoms with Crippen LogP contribution in [0.1, 0.15) is 0 Å². The minimum absolute atomic E-state index is 0.448. The molecule has 0 saturated heterocycles. The average Bonchev–Trinajstić information content (AvgIpc) is 2.21. The number of anilines is 1. The van der Waals surface area contributed by atoms with E-state index in [0.717, 1.165) is 5.56 Å². The Morgan fingerprint density at radius 1 is 1.00 bits per heavy atom. The topological polar surface area (TPSA) is 64.7 Å². The molecular formula is C9H7ClN4. The second kappa shape index (κ2) is 3.59. The Kier molecular flexibility index (Phi) is 2.28. The largest absolute Gasteiger partial charge is 0.396 e. The number of rotatable bonds is 1. The molecule has 0 spiro atoms. The number of hydrogen-bond donors (Lipinski definition) is 1. The van der Waals surface area contributed by atoms with E-state index in [1.54, 1.807) is 30.7 Å². The number of pyridine rings is 1. The minimum atomic E-state index is 0.448. The van der Waals surface area contributed by atoms with Crippen LogP contribution in [0.15, 0.2) is 30.7 Å². The molecule has 2 rings (SSSR count). The van der Waals surface area contributed by atoms with Gasteiger partial charge in [-0.15, -0.1) is 0 Å². The van der Waals surface area contributed by atoms with Crippen LogP contribution in [-0.4, -0.2) is 15.0 Å². The molecular weight excluding hydrogens is 200 g/mol. The van der Waals surface area contributed by atoms with Crippen molar-refractivity contribution < 1.29 is 0 Å². The molecule has 0 aliphatic heterocycles. The van der Waals surface area contributed by atoms with Crippen molar-refractivity contribution in [3.05, 3.63) is 35.9 Å². The van der Waals surface area contributed by atoms with Gasteiger partial charge in [0.2, 0.25) is 0 Å². The Morgan fingerprint density at radius 3 is 2.29 bits per heavy atom. The highest BCUT2D eigenvalue weighted by atomic mass is 35.5. The summed E-state index contributed by atoms with van der Waals surface area (Å²) in [6, 6.07) is 3.50. The third-order valence-electron chi connectivity index (χ3n) is 1.66. The molecule has 2 aromatic rings. The lowest BCUT2D eigenvalue weighted by molar-refractivity contribution is 1.17. The maximum atomic E-state index is 5.65. The highest BCUT2D eigenvalue weighted by Gasteiger charge is 2.00. The quantitative estimate of drug-likeness (QED) is 0.723. The number of aromatic nitrogens is 3. The molecule has 0 aliphatic carbocycles. The van der Waals surface area contributed by atoms with Crippen LogP contribution >= 0.6 is 11.6 Å². The second-order valence-electron chi connectivity index (χ2n) is 2.71. The molecule has 0 fully saturated rings. The summed E-state index contributed by atoms with van der Waals surface area (Å²) in [4.78, 5) is 12.1. The van der Waals surface area contributed by atoms with Crippen LogP contribution in [0.25, 0.3) is 11.4 Å². The predicted molar refractivity (Wildman–Crippen MR) is 54.7 cm³/mol. The third-order valence-corrected chi connectivity index (χ3v) is 1.88. The molecule has 4 nitrogen and oxygen atoms in total. The molecule has 0 aliphatic rings. The first-order chi connectivity index (χ1) is 6.75. The molecule has 14 heavy (non-hydrogen) atoms. The molecule has 5 heteroatoms. The smallest absolute Gasteiger partial charge is 0.160 e. The van der Waals surface area contributed by atoms with Crippen LogP contribution < -0.4 is 5.73 Å². The predicted octanol–water partition coefficient (Wildman–Crippen LogP) is 1.77. The van der Waals surface area contributed by atoms with Crippen molar-refractivity contribution in [2.45, 2.75) is 0 Å². The van der Waals surface area contributed by atoms with Crippen molar-refractivity contribution in [3.8, 4) is 11.4 Å². The highest BCUT2D eigenvalue weighted by Crippen LogP contribution is 2.15. The molecule has 0 saturated carbocycles. The summed E-state index contributed by atoms with van der Waals surface area (Å²) in [5.74, 6) is 0.586. The van der Waals surface area contributed by atoms with Crippen molar-refractivity contribution in [2.75, 3.05) is 5.73 Å². The SMILES string of the molecule is Nc1cnc(-c2ccc(Cl)nc2)nc1. The summed E-state index contributed by atoms with van der Waals surface area (Å²) in [5.41, 5.74) is 6.82. The van der Waals surface area contributed by atoms with E-state index in [1.807, 2.05) is 0 Å². The van der Waals surface area contributed by atoms with E-state index in [0.29, 0.717) is 16.7 Å². The molecule has 2 N–H and O–H groups in total. The fourth-order valence-electron chi connectivity index (χ4n) is 0.995. The van der Waals surface area contributed by atoms with Gasteiger partial charge in [0.25, 0.3) is 0 Å². The van der Waals surface area contributed by atoms with Crippen molar-refractivity contribution in [1.82, 2.24) is 15.0 Å². The van der Waals surface area contributed by atoms with E-state index in [4.69, 9.17) is 17.3 Å². The van der Waals surface area contributed by atoms with E-state index >= 15 is 0 Å². The van der Waals surface area contributed by atoms with Crippen LogP contribution in [0.4, 0.5) is 5.69 Å². The van der Waals surface area contributed by atoms with Gasteiger partial charge in [0.1, 0.15) is 5.15 Å². The van der Waals surface area contributed by atoms with E-state index in [9.17, 15) is 0 Å². The zero-order valence-electron chi connectivity index (χ0n) is 7.18. The molecule has 70 valence electrons. The van der Waals surface area contributed by atoms with Gasteiger partial charge in [-0.3, -0.25) is 0 Å². The highest BCUT2D eigenvalue weighted by molar-refractivity contribution is 6.29. The first kappa shape index (κ1) is 8.90. The molecule has 0 bridgehead atoms. The summed E-state index contributed by atoms with van der Waals surface area (Å²) < 4.78 is 0. The lowest BCUT2D eigenvalue weighted by Gasteiger charge is -1.98. The zero-order valence-corrected chi connectivity index (χ0v) is 7.94. The van der Waals surface area contributed by atoms with Gasteiger partial charge in [-0.1, -0.05) is 11.6 Å². The Balaban J connectivity index is 2.40. The molecule has 0 atom stereocenters. The summed E-state index contributed by atoms with van der Waals surface area (Å²) in [6.45, 7) is 0. The van der Waals surface area contributed by atoms with E-state index in [1.165, 1.54) is 0 Å². The standard InChI is InChI=1S/C9H7ClN4/c10-8-2-1-6(3-12-8)9-13-4-7(11)5-14-9/h1-5H,11H2. The van der Waals surface area contributed by atoms with Gasteiger partial charge in [0, 0.05) is 11.8 Å². The Morgan fingerprint density at radius 2 is 1.71 bits per heavy atom. The maximum Gasteiger partial charge on any atom is 0.160 e. The van der Waals surface area contributed by atoms with E-state index < -0.39 is 0 Å². The van der Waals surface area contributed by atoms with Crippen molar-refractivity contribution in [3.63, 3.8) is 0 Å². The second-order valence-corrected chi connectivity index (χ2v) is 3.10. The fraction of sp³-hybridized carbons (Fsp3) is 0. The molecule has 0 aromatic carbocycles. The van der Waals surface area contributed by atoms with Gasteiger partial charge < -0.3 is 5.73 Å². The Bertz CT molecular complexity index is 380. The van der Waals surface area contributed by atoms with Gasteiger partial charge in [0.15, 0.2) is 5.82 Å². The van der Waals surface area contributed by atoms with Gasteiger partial charge in [-0.2, -0.15) is 0 Å². The van der Waals surface area contributed by atoms with Crippen LogP contribution in [0, 0.1) is 0 Å². The lowest BCUT2D eigenvalue weighted by atomic mass is 10.3. The Labute approximate surface area is 85.8 Å². The molecule has 2 aromatic heterocycles. The number of nitrogens with zero attached hydrogens (tertiary/aromatic N) is 3. The van der Waals surface area contributed by atoms with Crippen LogP contribution in [0.3, 0.4) is 0 Å². The van der Waals surface area contributed by atoms with Gasteiger partial charge in [0.05, 0.1) is 18.1 Å². The first-order valence-corrected chi connectivity index (χ1v) is 4.33. The normalized spacial score (nSPS) is 10.1. The number of halogens is 1. The van der Waals surface area contributed by atoms with Crippen molar-refractivity contribution in [2.24, 2.45) is 0 Å². The van der Waals surface area contributed by atoms with Crippen LogP contribution in [0.5, 0.6) is 0 Å². The third kappa shape index (κ3) is 1.80. The minimum Gasteiger partial charge on any atom is -0.396 e. The first-order valence-electron chi connectivity index (χ1n) is 3.95. The van der Waals surface area contributed by atoms with Crippen LogP contribution in [0.2, 0.25) is 5.15 Å². The molecule has 0 radical (unpaired) electrons. The lowest BCUT2D eigenvalue weighted by Crippen LogP contribution is -1.92. The van der Waals surface area contributed by atoms with Gasteiger partial charge in [-0.25, -0.2) is 15.0 Å². The van der Waals surface area contributed by atoms with E-state index in [-0.39, 0.29) is 0 Å². The molecule has 0 unspecified atom stereocenters. The van der Waals surface area contributed by atoms with Gasteiger partial charge in [-0.05, 0) is 12.1 Å². The Hall–Kier alpha value is -1.68. The number of nitrogen functional groups attached to an aromatic ring is 1. The summed E-state index contributed by atoms with van der Waals surface area (Å²) in [7, 11) is 0. The summed E-state index contributed by atoms with van der Waals surface area (Å²) in [6.07, 6.45) is 4.72. The van der Waals surface area contributed by atoms with E-state index in [2.05, 4.69) is 15.0 Å². The summed E-state index contributed by atoms with van der Waals surface area (Å²) >= 11 is 5.65. The molecule has 0 amide bonds. The monoisotopic (exact) mass is 206 g/mol. The van der Waals surface area contributed by atoms with Crippen molar-refractivity contribution >= 4 is 17.3 Å².